The Bertz CT molecular complexity index is 733. The highest BCUT2D eigenvalue weighted by atomic mass is 19.1. The van der Waals surface area contributed by atoms with Gasteiger partial charge in [-0.25, -0.2) is 9.18 Å². The lowest BCUT2D eigenvalue weighted by Crippen LogP contribution is -2.26. The minimum atomic E-state index is -0.369. The molecule has 1 aliphatic heterocycles. The van der Waals surface area contributed by atoms with Gasteiger partial charge in [-0.2, -0.15) is 4.98 Å². The third-order valence-electron chi connectivity index (χ3n) is 3.54. The van der Waals surface area contributed by atoms with Crippen LogP contribution in [0, 0.1) is 5.82 Å². The summed E-state index contributed by atoms with van der Waals surface area (Å²) in [5.41, 5.74) is 0.304. The zero-order valence-electron chi connectivity index (χ0n) is 12.6. The number of fused-ring (bicyclic) bond motifs is 1. The molecule has 1 N–H and O–H groups in total. The van der Waals surface area contributed by atoms with Crippen molar-refractivity contribution in [1.29, 1.82) is 0 Å². The zero-order valence-corrected chi connectivity index (χ0v) is 12.6. The highest BCUT2D eigenvalue weighted by Crippen LogP contribution is 2.16. The number of anilines is 1. The first-order valence-electron chi connectivity index (χ1n) is 7.53. The third kappa shape index (κ3) is 4.07. The molecule has 0 atom stereocenters. The van der Waals surface area contributed by atoms with Gasteiger partial charge in [-0.3, -0.25) is 4.57 Å². The molecule has 6 nitrogen and oxygen atoms in total. The summed E-state index contributed by atoms with van der Waals surface area (Å²) in [5.74, 6) is 0.491. The van der Waals surface area contributed by atoms with Crippen LogP contribution in [0.4, 0.5) is 10.2 Å². The Morgan fingerprint density at radius 2 is 2.26 bits per heavy atom. The van der Waals surface area contributed by atoms with Gasteiger partial charge in [0.1, 0.15) is 25.0 Å². The first-order valence-corrected chi connectivity index (χ1v) is 7.53. The third-order valence-corrected chi connectivity index (χ3v) is 3.54. The summed E-state index contributed by atoms with van der Waals surface area (Å²) in [6.07, 6.45) is 1.74. The van der Waals surface area contributed by atoms with Crippen LogP contribution >= 0.6 is 0 Å². The normalized spacial score (nSPS) is 14.8. The molecule has 1 aromatic carbocycles. The summed E-state index contributed by atoms with van der Waals surface area (Å²) >= 11 is 0. The molecule has 23 heavy (non-hydrogen) atoms. The lowest BCUT2D eigenvalue weighted by atomic mass is 10.2. The summed E-state index contributed by atoms with van der Waals surface area (Å²) < 4.78 is 25.7. The van der Waals surface area contributed by atoms with Gasteiger partial charge in [-0.05, 0) is 30.5 Å². The fourth-order valence-electron chi connectivity index (χ4n) is 2.38. The summed E-state index contributed by atoms with van der Waals surface area (Å²) in [5, 5.41) is 3.05. The van der Waals surface area contributed by atoms with Crippen LogP contribution < -0.4 is 15.7 Å². The smallest absolute Gasteiger partial charge is 0.352 e. The number of hydrogen-bond donors (Lipinski definition) is 1. The zero-order chi connectivity index (χ0) is 16.1. The van der Waals surface area contributed by atoms with Crippen molar-refractivity contribution >= 4 is 5.82 Å². The Labute approximate surface area is 132 Å². The number of ether oxygens (including phenoxy) is 2. The van der Waals surface area contributed by atoms with E-state index in [0.29, 0.717) is 31.3 Å². The van der Waals surface area contributed by atoms with E-state index in [1.807, 2.05) is 0 Å². The van der Waals surface area contributed by atoms with Crippen LogP contribution in [0.3, 0.4) is 0 Å². The molecule has 0 saturated heterocycles. The number of nitrogens with one attached hydrogen (secondary N) is 1. The Morgan fingerprint density at radius 3 is 3.13 bits per heavy atom. The Hall–Kier alpha value is -2.41. The van der Waals surface area contributed by atoms with Crippen molar-refractivity contribution < 1.29 is 13.9 Å². The minimum absolute atomic E-state index is 0.143. The van der Waals surface area contributed by atoms with Crippen molar-refractivity contribution in [3.8, 4) is 5.88 Å². The maximum atomic E-state index is 13.2. The van der Waals surface area contributed by atoms with Crippen molar-refractivity contribution in [3.63, 3.8) is 0 Å². The second kappa shape index (κ2) is 7.23. The van der Waals surface area contributed by atoms with Crippen LogP contribution in [0.2, 0.25) is 0 Å². The molecule has 1 aliphatic rings. The number of aromatic nitrogens is 2. The van der Waals surface area contributed by atoms with E-state index < -0.39 is 0 Å². The molecule has 2 heterocycles. The highest BCUT2D eigenvalue weighted by molar-refractivity contribution is 5.38. The van der Waals surface area contributed by atoms with Crippen molar-refractivity contribution in [2.45, 2.75) is 26.0 Å². The SMILES string of the molecule is O=c1nc(OCc2cccc(F)c2)cc2n1CCCCOCN2. The molecule has 0 fully saturated rings. The van der Waals surface area contributed by atoms with Gasteiger partial charge in [0.25, 0.3) is 0 Å². The van der Waals surface area contributed by atoms with E-state index in [1.54, 1.807) is 22.8 Å². The molecule has 0 radical (unpaired) electrons. The molecule has 0 saturated carbocycles. The summed E-state index contributed by atoms with van der Waals surface area (Å²) in [7, 11) is 0. The molecular weight excluding hydrogens is 301 g/mol. The van der Waals surface area contributed by atoms with Crippen molar-refractivity contribution in [1.82, 2.24) is 9.55 Å². The quantitative estimate of drug-likeness (QED) is 0.939. The van der Waals surface area contributed by atoms with Crippen LogP contribution in [0.15, 0.2) is 35.1 Å². The van der Waals surface area contributed by atoms with E-state index in [9.17, 15) is 9.18 Å². The molecule has 1 aromatic heterocycles. The number of benzene rings is 1. The molecule has 7 heteroatoms. The second-order valence-electron chi connectivity index (χ2n) is 5.27. The van der Waals surface area contributed by atoms with Crippen molar-refractivity contribution in [2.24, 2.45) is 0 Å². The topological polar surface area (TPSA) is 65.4 Å². The average Bonchev–Trinajstić information content (AvgIpc) is 2.65. The number of rotatable bonds is 3. The fraction of sp³-hybridized carbons (Fsp3) is 0.375. The van der Waals surface area contributed by atoms with Crippen LogP contribution in [-0.2, 0) is 17.9 Å². The lowest BCUT2D eigenvalue weighted by Gasteiger charge is -2.13. The van der Waals surface area contributed by atoms with E-state index in [-0.39, 0.29) is 24.0 Å². The minimum Gasteiger partial charge on any atom is -0.473 e. The molecule has 122 valence electrons. The molecule has 0 amide bonds. The fourth-order valence-corrected chi connectivity index (χ4v) is 2.38. The van der Waals surface area contributed by atoms with Gasteiger partial charge in [0.15, 0.2) is 0 Å². The molecule has 0 spiro atoms. The van der Waals surface area contributed by atoms with E-state index in [2.05, 4.69) is 10.3 Å². The number of nitrogens with zero attached hydrogens (tertiary/aromatic N) is 2. The molecule has 0 bridgehead atoms. The average molecular weight is 319 g/mol. The summed E-state index contributed by atoms with van der Waals surface area (Å²) in [6, 6.07) is 7.78. The van der Waals surface area contributed by atoms with E-state index >= 15 is 0 Å². The molecule has 3 rings (SSSR count). The predicted molar refractivity (Wildman–Crippen MR) is 82.9 cm³/mol. The second-order valence-corrected chi connectivity index (χ2v) is 5.27. The first kappa shape index (κ1) is 15.5. The van der Waals surface area contributed by atoms with Crippen molar-refractivity contribution in [3.05, 3.63) is 52.2 Å². The monoisotopic (exact) mass is 319 g/mol. The van der Waals surface area contributed by atoms with E-state index in [1.165, 1.54) is 12.1 Å². The van der Waals surface area contributed by atoms with Crippen molar-refractivity contribution in [2.75, 3.05) is 18.7 Å². The van der Waals surface area contributed by atoms with Gasteiger partial charge in [0.05, 0.1) is 0 Å². The summed E-state index contributed by atoms with van der Waals surface area (Å²) in [6.45, 7) is 1.71. The highest BCUT2D eigenvalue weighted by Gasteiger charge is 2.11. The Balaban J connectivity index is 1.78. The molecule has 0 unspecified atom stereocenters. The number of hydrogen-bond acceptors (Lipinski definition) is 5. The molecular formula is C16H18FN3O3. The standard InChI is InChI=1S/C16H18FN3O3/c17-13-5-3-4-12(8-13)10-23-15-9-14-18-11-22-7-2-1-6-20(14)16(21)19-15/h3-5,8-9,18H,1-2,6-7,10-11H2. The predicted octanol–water partition coefficient (Wildman–Crippen LogP) is 2.14. The Kier molecular flexibility index (Phi) is 4.87. The maximum absolute atomic E-state index is 13.2. The molecule has 0 aliphatic carbocycles. The first-order chi connectivity index (χ1) is 11.2. The van der Waals surface area contributed by atoms with Crippen LogP contribution in [0.1, 0.15) is 18.4 Å². The number of halogens is 1. The van der Waals surface area contributed by atoms with Gasteiger partial charge in [-0.15, -0.1) is 0 Å². The van der Waals surface area contributed by atoms with Gasteiger partial charge in [0, 0.05) is 19.2 Å². The molecule has 2 aromatic rings. The van der Waals surface area contributed by atoms with Crippen LogP contribution in [0.5, 0.6) is 5.88 Å². The van der Waals surface area contributed by atoms with Gasteiger partial charge in [0.2, 0.25) is 5.88 Å². The van der Waals surface area contributed by atoms with Gasteiger partial charge in [-0.1, -0.05) is 12.1 Å². The summed E-state index contributed by atoms with van der Waals surface area (Å²) in [4.78, 5) is 16.1. The largest absolute Gasteiger partial charge is 0.473 e. The van der Waals surface area contributed by atoms with Gasteiger partial charge >= 0.3 is 5.69 Å². The van der Waals surface area contributed by atoms with E-state index in [4.69, 9.17) is 9.47 Å². The lowest BCUT2D eigenvalue weighted by molar-refractivity contribution is 0.149. The Morgan fingerprint density at radius 1 is 1.35 bits per heavy atom. The maximum Gasteiger partial charge on any atom is 0.352 e. The van der Waals surface area contributed by atoms with E-state index in [0.717, 1.165) is 12.8 Å². The van der Waals surface area contributed by atoms with Crippen LogP contribution in [0.25, 0.3) is 0 Å². The van der Waals surface area contributed by atoms with Crippen LogP contribution in [-0.4, -0.2) is 22.9 Å². The van der Waals surface area contributed by atoms with Gasteiger partial charge < -0.3 is 14.8 Å².